The third kappa shape index (κ3) is 3.45. The van der Waals surface area contributed by atoms with Gasteiger partial charge in [0, 0.05) is 18.7 Å². The fourth-order valence-electron chi connectivity index (χ4n) is 2.80. The van der Waals surface area contributed by atoms with Crippen molar-refractivity contribution >= 4 is 12.2 Å². The van der Waals surface area contributed by atoms with Gasteiger partial charge in [0.15, 0.2) is 0 Å². The fourth-order valence-corrected chi connectivity index (χ4v) is 2.98. The molecule has 2 atom stereocenters. The average molecular weight is 319 g/mol. The Morgan fingerprint density at radius 2 is 1.82 bits per heavy atom. The Balaban J connectivity index is 1.78. The molecule has 6 heteroatoms. The van der Waals surface area contributed by atoms with Crippen molar-refractivity contribution in [3.8, 4) is 11.5 Å². The molecule has 1 aliphatic rings. The first-order valence-electron chi connectivity index (χ1n) is 7.54. The van der Waals surface area contributed by atoms with E-state index < -0.39 is 0 Å². The summed E-state index contributed by atoms with van der Waals surface area (Å²) in [4.78, 5) is 2.69. The molecule has 3 rings (SSSR count). The molecule has 0 spiro atoms. The summed E-state index contributed by atoms with van der Waals surface area (Å²) in [5.41, 5.74) is 2.15. The number of aromatic nitrogens is 2. The van der Waals surface area contributed by atoms with Crippen LogP contribution in [0.4, 0.5) is 0 Å². The van der Waals surface area contributed by atoms with Crippen LogP contribution in [-0.4, -0.2) is 40.0 Å². The van der Waals surface area contributed by atoms with E-state index in [0.717, 1.165) is 18.7 Å². The minimum Gasteiger partial charge on any atom is -0.409 e. The zero-order valence-electron chi connectivity index (χ0n) is 13.2. The van der Waals surface area contributed by atoms with E-state index >= 15 is 0 Å². The molecule has 118 valence electrons. The Hall–Kier alpha value is -1.50. The van der Waals surface area contributed by atoms with Gasteiger partial charge in [0.05, 0.1) is 18.9 Å². The van der Waals surface area contributed by atoms with Gasteiger partial charge >= 0.3 is 0 Å². The highest BCUT2D eigenvalue weighted by atomic mass is 32.1. The third-order valence-corrected chi connectivity index (χ3v) is 4.03. The van der Waals surface area contributed by atoms with Gasteiger partial charge in [0.2, 0.25) is 5.89 Å². The molecular weight excluding hydrogens is 298 g/mol. The summed E-state index contributed by atoms with van der Waals surface area (Å²) in [6.45, 7) is 8.60. The lowest BCUT2D eigenvalue weighted by atomic mass is 10.1. The van der Waals surface area contributed by atoms with Crippen LogP contribution >= 0.6 is 12.2 Å². The summed E-state index contributed by atoms with van der Waals surface area (Å²) >= 11 is 5.30. The number of ether oxygens (including phenoxy) is 1. The molecule has 0 N–H and O–H groups in total. The molecule has 2 aromatic rings. The topological polar surface area (TPSA) is 43.4 Å². The summed E-state index contributed by atoms with van der Waals surface area (Å²) < 4.78 is 13.1. The lowest BCUT2D eigenvalue weighted by Gasteiger charge is -2.34. The van der Waals surface area contributed by atoms with Crippen molar-refractivity contribution in [3.63, 3.8) is 0 Å². The van der Waals surface area contributed by atoms with E-state index in [1.807, 2.05) is 24.3 Å². The molecule has 1 aromatic carbocycles. The zero-order valence-corrected chi connectivity index (χ0v) is 14.0. The minimum absolute atomic E-state index is 0.224. The van der Waals surface area contributed by atoms with Crippen LogP contribution in [0.2, 0.25) is 0 Å². The van der Waals surface area contributed by atoms with Crippen molar-refractivity contribution in [2.45, 2.75) is 39.6 Å². The van der Waals surface area contributed by atoms with Crippen LogP contribution in [-0.2, 0) is 11.4 Å². The lowest BCUT2D eigenvalue weighted by Crippen LogP contribution is -2.46. The van der Waals surface area contributed by atoms with Crippen LogP contribution in [0.1, 0.15) is 19.4 Å². The first-order chi connectivity index (χ1) is 10.5. The molecule has 0 unspecified atom stereocenters. The number of rotatable bonds is 3. The fraction of sp³-hybridized carbons (Fsp3) is 0.500. The van der Waals surface area contributed by atoms with Crippen molar-refractivity contribution < 1.29 is 9.15 Å². The Morgan fingerprint density at radius 1 is 1.18 bits per heavy atom. The summed E-state index contributed by atoms with van der Waals surface area (Å²) in [6.07, 6.45) is 0.447. The maximum atomic E-state index is 5.75. The summed E-state index contributed by atoms with van der Waals surface area (Å²) in [6, 6.07) is 8.08. The molecule has 1 fully saturated rings. The number of hydrogen-bond acceptors (Lipinski definition) is 5. The number of aryl methyl sites for hydroxylation is 1. The van der Waals surface area contributed by atoms with Crippen LogP contribution < -0.4 is 0 Å². The number of benzene rings is 1. The first-order valence-corrected chi connectivity index (χ1v) is 7.95. The average Bonchev–Trinajstić information content (AvgIpc) is 2.80. The van der Waals surface area contributed by atoms with E-state index in [0.29, 0.717) is 17.4 Å². The molecule has 0 amide bonds. The highest BCUT2D eigenvalue weighted by molar-refractivity contribution is 7.71. The Morgan fingerprint density at radius 3 is 2.45 bits per heavy atom. The molecule has 22 heavy (non-hydrogen) atoms. The molecule has 2 heterocycles. The summed E-state index contributed by atoms with van der Waals surface area (Å²) in [5, 5.41) is 4.52. The zero-order chi connectivity index (χ0) is 15.7. The van der Waals surface area contributed by atoms with Gasteiger partial charge in [0.25, 0.3) is 4.84 Å². The van der Waals surface area contributed by atoms with Crippen molar-refractivity contribution in [1.82, 2.24) is 14.7 Å². The highest BCUT2D eigenvalue weighted by Crippen LogP contribution is 2.19. The van der Waals surface area contributed by atoms with E-state index in [1.165, 1.54) is 5.56 Å². The summed E-state index contributed by atoms with van der Waals surface area (Å²) in [7, 11) is 0. The van der Waals surface area contributed by atoms with Crippen molar-refractivity contribution in [2.24, 2.45) is 0 Å². The summed E-state index contributed by atoms with van der Waals surface area (Å²) in [5.74, 6) is 0.569. The molecule has 1 aromatic heterocycles. The molecule has 5 nitrogen and oxygen atoms in total. The predicted octanol–water partition coefficient (Wildman–Crippen LogP) is 3.25. The van der Waals surface area contributed by atoms with Gasteiger partial charge in [-0.1, -0.05) is 17.7 Å². The number of hydrogen-bond donors (Lipinski definition) is 0. The predicted molar refractivity (Wildman–Crippen MR) is 87.1 cm³/mol. The van der Waals surface area contributed by atoms with Crippen LogP contribution in [0.15, 0.2) is 28.7 Å². The third-order valence-electron chi connectivity index (χ3n) is 3.73. The molecule has 0 aliphatic carbocycles. The van der Waals surface area contributed by atoms with Gasteiger partial charge in [-0.2, -0.15) is 0 Å². The van der Waals surface area contributed by atoms with Crippen LogP contribution in [0, 0.1) is 11.8 Å². The minimum atomic E-state index is 0.224. The van der Waals surface area contributed by atoms with Gasteiger partial charge in [-0.3, -0.25) is 4.90 Å². The van der Waals surface area contributed by atoms with Gasteiger partial charge in [-0.05, 0) is 45.1 Å². The SMILES string of the molecule is Cc1ccc(-c2nn(CN3C[C@H](C)O[C@@H](C)C3)c(=S)o2)cc1. The second kappa shape index (κ2) is 6.32. The van der Waals surface area contributed by atoms with Crippen molar-refractivity contribution in [3.05, 3.63) is 34.7 Å². The van der Waals surface area contributed by atoms with Crippen LogP contribution in [0.25, 0.3) is 11.5 Å². The molecule has 1 aliphatic heterocycles. The molecule has 0 bridgehead atoms. The second-order valence-corrected chi connectivity index (χ2v) is 6.32. The van der Waals surface area contributed by atoms with Gasteiger partial charge in [-0.15, -0.1) is 5.10 Å². The van der Waals surface area contributed by atoms with E-state index in [9.17, 15) is 0 Å². The maximum absolute atomic E-state index is 5.75. The monoisotopic (exact) mass is 319 g/mol. The molecule has 0 saturated carbocycles. The standard InChI is InChI=1S/C16H21N3O2S/c1-11-4-6-14(7-5-11)15-17-19(16(22)21-15)10-18-8-12(2)20-13(3)9-18/h4-7,12-13H,8-10H2,1-3H3/t12-,13-/m0/s1. The Labute approximate surface area is 135 Å². The van der Waals surface area contributed by atoms with E-state index in [1.54, 1.807) is 4.68 Å². The Bertz CT molecular complexity index is 682. The smallest absolute Gasteiger partial charge is 0.288 e. The van der Waals surface area contributed by atoms with Gasteiger partial charge in [0.1, 0.15) is 0 Å². The molecule has 0 radical (unpaired) electrons. The second-order valence-electron chi connectivity index (χ2n) is 5.97. The van der Waals surface area contributed by atoms with Gasteiger partial charge in [-0.25, -0.2) is 4.68 Å². The highest BCUT2D eigenvalue weighted by Gasteiger charge is 2.23. The van der Waals surface area contributed by atoms with Crippen molar-refractivity contribution in [2.75, 3.05) is 13.1 Å². The molecule has 1 saturated heterocycles. The molecular formula is C16H21N3O2S. The normalized spacial score (nSPS) is 22.9. The largest absolute Gasteiger partial charge is 0.409 e. The van der Waals surface area contributed by atoms with E-state index in [-0.39, 0.29) is 12.2 Å². The van der Waals surface area contributed by atoms with E-state index in [2.05, 4.69) is 30.8 Å². The lowest BCUT2D eigenvalue weighted by molar-refractivity contribution is -0.0778. The maximum Gasteiger partial charge on any atom is 0.288 e. The van der Waals surface area contributed by atoms with Gasteiger partial charge < -0.3 is 9.15 Å². The van der Waals surface area contributed by atoms with Crippen LogP contribution in [0.3, 0.4) is 0 Å². The first kappa shape index (κ1) is 15.4. The van der Waals surface area contributed by atoms with Crippen LogP contribution in [0.5, 0.6) is 0 Å². The van der Waals surface area contributed by atoms with Crippen molar-refractivity contribution in [1.29, 1.82) is 0 Å². The number of morpholine rings is 1. The quantitative estimate of drug-likeness (QED) is 0.813. The Kier molecular flexibility index (Phi) is 4.42. The van der Waals surface area contributed by atoms with E-state index in [4.69, 9.17) is 21.4 Å². The number of nitrogens with zero attached hydrogens (tertiary/aromatic N) is 3.